The number of hydrogen-bond donors (Lipinski definition) is 1. The first-order chi connectivity index (χ1) is 22.6. The molecule has 0 aliphatic heterocycles. The fourth-order valence-electron chi connectivity index (χ4n) is 4.95. The van der Waals surface area contributed by atoms with Gasteiger partial charge in [0.05, 0.1) is 24.8 Å². The molecule has 1 atom stereocenters. The maximum Gasteiger partial charge on any atom is 0.264 e. The topological polar surface area (TPSA) is 105 Å². The van der Waals surface area contributed by atoms with Gasteiger partial charge in [-0.1, -0.05) is 61.0 Å². The van der Waals surface area contributed by atoms with E-state index in [1.54, 1.807) is 24.3 Å². The van der Waals surface area contributed by atoms with Crippen LogP contribution in [0.4, 0.5) is 10.1 Å². The number of methoxy groups -OCH3 is 2. The lowest BCUT2D eigenvalue weighted by Crippen LogP contribution is -2.53. The fraction of sp³-hybridized carbons (Fsp3) is 0.257. The predicted octanol–water partition coefficient (Wildman–Crippen LogP) is 5.86. The van der Waals surface area contributed by atoms with E-state index in [-0.39, 0.29) is 35.2 Å². The standard InChI is InChI=1S/C35H37ClFN3O6S/c1-4-20-38-35(42)31(21-25-8-6-5-7-9-25)39(23-26-10-12-27(36)13-11-26)34(41)24-40(29-16-14-28(37)15-17-29)47(43,44)30-18-19-32(45-2)33(22-30)46-3/h5-19,22,31H,4,20-21,23-24H2,1-3H3,(H,38,42)/t31-/m0/s1. The van der Waals surface area contributed by atoms with Gasteiger partial charge in [0.1, 0.15) is 18.4 Å². The third-order valence-electron chi connectivity index (χ3n) is 7.42. The number of halogens is 2. The van der Waals surface area contributed by atoms with Crippen molar-refractivity contribution in [3.8, 4) is 11.5 Å². The van der Waals surface area contributed by atoms with Crippen LogP contribution < -0.4 is 19.1 Å². The minimum atomic E-state index is -4.44. The van der Waals surface area contributed by atoms with Crippen molar-refractivity contribution < 1.29 is 31.9 Å². The summed E-state index contributed by atoms with van der Waals surface area (Å²) in [5.41, 5.74) is 1.54. The van der Waals surface area contributed by atoms with E-state index in [4.69, 9.17) is 21.1 Å². The summed E-state index contributed by atoms with van der Waals surface area (Å²) in [5.74, 6) is -1.14. The van der Waals surface area contributed by atoms with Gasteiger partial charge in [0.25, 0.3) is 10.0 Å². The second kappa shape index (κ2) is 16.3. The van der Waals surface area contributed by atoms with Gasteiger partial charge in [0, 0.05) is 30.6 Å². The normalized spacial score (nSPS) is 11.8. The number of hydrogen-bond acceptors (Lipinski definition) is 6. The SMILES string of the molecule is CCCNC(=O)[C@H](Cc1ccccc1)N(Cc1ccc(Cl)cc1)C(=O)CN(c1ccc(F)cc1)S(=O)(=O)c1ccc(OC)c(OC)c1. The van der Waals surface area contributed by atoms with E-state index in [0.29, 0.717) is 29.3 Å². The minimum absolute atomic E-state index is 0.0132. The van der Waals surface area contributed by atoms with Crippen molar-refractivity contribution in [2.45, 2.75) is 37.2 Å². The van der Waals surface area contributed by atoms with Gasteiger partial charge in [0.2, 0.25) is 11.8 Å². The molecule has 0 aliphatic carbocycles. The third kappa shape index (κ3) is 9.02. The van der Waals surface area contributed by atoms with E-state index in [0.717, 1.165) is 22.0 Å². The summed E-state index contributed by atoms with van der Waals surface area (Å²) < 4.78 is 54.0. The smallest absolute Gasteiger partial charge is 0.264 e. The van der Waals surface area contributed by atoms with Crippen LogP contribution in [0.25, 0.3) is 0 Å². The summed E-state index contributed by atoms with van der Waals surface area (Å²) in [5, 5.41) is 3.40. The molecule has 4 rings (SSSR count). The summed E-state index contributed by atoms with van der Waals surface area (Å²) >= 11 is 6.12. The van der Waals surface area contributed by atoms with Crippen LogP contribution in [0.15, 0.2) is 102 Å². The molecule has 47 heavy (non-hydrogen) atoms. The number of carbonyl (C=O) groups excluding carboxylic acids is 2. The number of nitrogens with zero attached hydrogens (tertiary/aromatic N) is 2. The molecule has 1 N–H and O–H groups in total. The molecule has 0 bridgehead atoms. The van der Waals surface area contributed by atoms with Crippen LogP contribution in [0.2, 0.25) is 5.02 Å². The molecule has 0 heterocycles. The first-order valence-electron chi connectivity index (χ1n) is 14.9. The Balaban J connectivity index is 1.81. The maximum atomic E-state index is 14.5. The number of carbonyl (C=O) groups is 2. The average Bonchev–Trinajstić information content (AvgIpc) is 3.08. The van der Waals surface area contributed by atoms with Crippen molar-refractivity contribution in [3.05, 3.63) is 119 Å². The molecule has 0 aliphatic rings. The molecular formula is C35H37ClFN3O6S. The van der Waals surface area contributed by atoms with Crippen LogP contribution >= 0.6 is 11.6 Å². The Morgan fingerprint density at radius 1 is 0.872 bits per heavy atom. The molecule has 248 valence electrons. The van der Waals surface area contributed by atoms with Gasteiger partial charge in [-0.2, -0.15) is 0 Å². The van der Waals surface area contributed by atoms with Gasteiger partial charge < -0.3 is 19.7 Å². The van der Waals surface area contributed by atoms with E-state index in [9.17, 15) is 22.4 Å². The number of amides is 2. The van der Waals surface area contributed by atoms with E-state index >= 15 is 0 Å². The summed E-state index contributed by atoms with van der Waals surface area (Å²) in [4.78, 5) is 29.4. The van der Waals surface area contributed by atoms with Gasteiger partial charge in [0.15, 0.2) is 11.5 Å². The second-order valence-corrected chi connectivity index (χ2v) is 12.9. The van der Waals surface area contributed by atoms with Gasteiger partial charge in [-0.15, -0.1) is 0 Å². The van der Waals surface area contributed by atoms with Crippen LogP contribution in [0.5, 0.6) is 11.5 Å². The van der Waals surface area contributed by atoms with Crippen molar-refractivity contribution in [1.29, 1.82) is 0 Å². The molecule has 2 amide bonds. The van der Waals surface area contributed by atoms with E-state index in [1.165, 1.54) is 49.5 Å². The number of nitrogens with one attached hydrogen (secondary N) is 1. The largest absolute Gasteiger partial charge is 0.493 e. The third-order valence-corrected chi connectivity index (χ3v) is 9.44. The number of rotatable bonds is 15. The van der Waals surface area contributed by atoms with Gasteiger partial charge in [-0.05, 0) is 66.1 Å². The number of anilines is 1. The lowest BCUT2D eigenvalue weighted by atomic mass is 10.0. The minimum Gasteiger partial charge on any atom is -0.493 e. The van der Waals surface area contributed by atoms with Crippen LogP contribution in [0.3, 0.4) is 0 Å². The molecule has 0 aromatic heterocycles. The Hall–Kier alpha value is -4.61. The quantitative estimate of drug-likeness (QED) is 0.169. The Kier molecular flexibility index (Phi) is 12.2. The van der Waals surface area contributed by atoms with Crippen molar-refractivity contribution in [3.63, 3.8) is 0 Å². The molecular weight excluding hydrogens is 645 g/mol. The molecule has 0 saturated carbocycles. The van der Waals surface area contributed by atoms with Gasteiger partial charge in [-0.25, -0.2) is 12.8 Å². The highest BCUT2D eigenvalue weighted by Gasteiger charge is 2.35. The monoisotopic (exact) mass is 681 g/mol. The first kappa shape index (κ1) is 35.2. The summed E-state index contributed by atoms with van der Waals surface area (Å²) in [7, 11) is -1.64. The molecule has 0 saturated heterocycles. The molecule has 9 nitrogen and oxygen atoms in total. The van der Waals surface area contributed by atoms with E-state index < -0.39 is 34.3 Å². The zero-order valence-electron chi connectivity index (χ0n) is 26.4. The van der Waals surface area contributed by atoms with Crippen molar-refractivity contribution >= 4 is 39.1 Å². The molecule has 0 unspecified atom stereocenters. The van der Waals surface area contributed by atoms with Crippen LogP contribution in [0, 0.1) is 5.82 Å². The number of sulfonamides is 1. The van der Waals surface area contributed by atoms with Crippen molar-refractivity contribution in [2.75, 3.05) is 31.6 Å². The molecule has 0 spiro atoms. The highest BCUT2D eigenvalue weighted by atomic mass is 35.5. The number of benzene rings is 4. The zero-order valence-corrected chi connectivity index (χ0v) is 27.9. The molecule has 4 aromatic rings. The van der Waals surface area contributed by atoms with Gasteiger partial charge in [-0.3, -0.25) is 13.9 Å². The number of ether oxygens (including phenoxy) is 2. The van der Waals surface area contributed by atoms with Crippen LogP contribution in [0.1, 0.15) is 24.5 Å². The lowest BCUT2D eigenvalue weighted by molar-refractivity contribution is -0.140. The summed E-state index contributed by atoms with van der Waals surface area (Å²) in [6.45, 7) is 1.61. The van der Waals surface area contributed by atoms with E-state index in [2.05, 4.69) is 5.32 Å². The summed E-state index contributed by atoms with van der Waals surface area (Å²) in [6.07, 6.45) is 0.853. The van der Waals surface area contributed by atoms with Crippen molar-refractivity contribution in [1.82, 2.24) is 10.2 Å². The van der Waals surface area contributed by atoms with Crippen molar-refractivity contribution in [2.24, 2.45) is 0 Å². The molecule has 0 fully saturated rings. The molecule has 12 heteroatoms. The first-order valence-corrected chi connectivity index (χ1v) is 16.7. The molecule has 0 radical (unpaired) electrons. The lowest BCUT2D eigenvalue weighted by Gasteiger charge is -2.34. The fourth-order valence-corrected chi connectivity index (χ4v) is 6.50. The Bertz CT molecular complexity index is 1760. The molecule has 4 aromatic carbocycles. The second-order valence-electron chi connectivity index (χ2n) is 10.6. The Labute approximate surface area is 279 Å². The zero-order chi connectivity index (χ0) is 34.0. The predicted molar refractivity (Wildman–Crippen MR) is 180 cm³/mol. The Morgan fingerprint density at radius 3 is 2.15 bits per heavy atom. The average molecular weight is 682 g/mol. The Morgan fingerprint density at radius 2 is 1.53 bits per heavy atom. The van der Waals surface area contributed by atoms with Crippen LogP contribution in [-0.4, -0.2) is 58.5 Å². The van der Waals surface area contributed by atoms with E-state index in [1.807, 2.05) is 37.3 Å². The van der Waals surface area contributed by atoms with Crippen LogP contribution in [-0.2, 0) is 32.6 Å². The highest BCUT2D eigenvalue weighted by molar-refractivity contribution is 7.92. The highest BCUT2D eigenvalue weighted by Crippen LogP contribution is 2.32. The summed E-state index contributed by atoms with van der Waals surface area (Å²) in [6, 6.07) is 23.9. The van der Waals surface area contributed by atoms with Gasteiger partial charge >= 0.3 is 0 Å². The maximum absolute atomic E-state index is 14.5.